The third-order valence-corrected chi connectivity index (χ3v) is 2.89. The van der Waals surface area contributed by atoms with Crippen LogP contribution in [0.5, 0.6) is 0 Å². The first kappa shape index (κ1) is 15.8. The second kappa shape index (κ2) is 6.94. The van der Waals surface area contributed by atoms with Crippen LogP contribution < -0.4 is 15.9 Å². The van der Waals surface area contributed by atoms with Crippen LogP contribution in [0.15, 0.2) is 48.5 Å². The van der Waals surface area contributed by atoms with E-state index in [4.69, 9.17) is 17.4 Å². The fourth-order valence-corrected chi connectivity index (χ4v) is 1.85. The summed E-state index contributed by atoms with van der Waals surface area (Å²) in [6, 6.07) is 11.5. The minimum Gasteiger partial charge on any atom is -0.733 e. The molecule has 0 unspecified atom stereocenters. The van der Waals surface area contributed by atoms with Gasteiger partial charge in [0.15, 0.2) is 5.11 Å². The van der Waals surface area contributed by atoms with Crippen molar-refractivity contribution in [3.05, 3.63) is 65.1 Å². The zero-order chi connectivity index (χ0) is 16.1. The fourth-order valence-electron chi connectivity index (χ4n) is 1.65. The fraction of sp³-hybridized carbons (Fsp3) is 0. The Morgan fingerprint density at radius 3 is 2.55 bits per heavy atom. The molecule has 8 heteroatoms. The average Bonchev–Trinajstić information content (AvgIpc) is 2.50. The highest BCUT2D eigenvalue weighted by Gasteiger charge is 2.10. The van der Waals surface area contributed by atoms with Crippen LogP contribution in [0.4, 0.5) is 15.8 Å². The number of benzene rings is 2. The molecule has 0 aliphatic carbocycles. The minimum absolute atomic E-state index is 0.139. The molecule has 0 aromatic heterocycles. The van der Waals surface area contributed by atoms with Crippen molar-refractivity contribution in [3.8, 4) is 0 Å². The largest absolute Gasteiger partial charge is 0.733 e. The van der Waals surface area contributed by atoms with Gasteiger partial charge in [0, 0.05) is 5.56 Å². The van der Waals surface area contributed by atoms with Crippen molar-refractivity contribution in [3.63, 3.8) is 0 Å². The maximum absolute atomic E-state index is 13.6. The van der Waals surface area contributed by atoms with E-state index >= 15 is 0 Å². The van der Waals surface area contributed by atoms with Gasteiger partial charge in [0.05, 0.1) is 11.4 Å². The smallest absolute Gasteiger partial charge is 0.257 e. The lowest BCUT2D eigenvalue weighted by atomic mass is 10.2. The van der Waals surface area contributed by atoms with E-state index in [0.29, 0.717) is 5.56 Å². The average molecular weight is 320 g/mol. The number of thiocarbonyl (C=S) groups is 1. The summed E-state index contributed by atoms with van der Waals surface area (Å²) in [4.78, 5) is 11.9. The number of carbonyl (C=O) groups is 1. The molecule has 0 radical (unpaired) electrons. The van der Waals surface area contributed by atoms with E-state index in [0.717, 1.165) is 18.2 Å². The molecule has 2 rings (SSSR count). The van der Waals surface area contributed by atoms with Gasteiger partial charge in [-0.25, -0.2) is 4.39 Å². The molecule has 0 saturated heterocycles. The summed E-state index contributed by atoms with van der Waals surface area (Å²) >= 11 is 4.92. The number of rotatable bonds is 3. The van der Waals surface area contributed by atoms with Gasteiger partial charge in [-0.15, -0.1) is 0 Å². The Balaban J connectivity index is 2.06. The molecule has 0 spiro atoms. The van der Waals surface area contributed by atoms with Crippen molar-refractivity contribution in [1.82, 2.24) is 5.32 Å². The van der Waals surface area contributed by atoms with Crippen molar-refractivity contribution in [2.45, 2.75) is 0 Å². The van der Waals surface area contributed by atoms with Crippen molar-refractivity contribution in [2.75, 3.05) is 10.5 Å². The molecule has 0 atom stereocenters. The SMILES string of the molecule is O=C(NC(=S)Nc1cc(N([O-])O)ccc1F)c1ccccc1. The molecule has 0 heterocycles. The topological polar surface area (TPSA) is 87.7 Å². The van der Waals surface area contributed by atoms with Crippen LogP contribution in [0.1, 0.15) is 10.4 Å². The molecule has 1 amide bonds. The molecule has 0 aliphatic rings. The van der Waals surface area contributed by atoms with Crippen LogP contribution in [-0.2, 0) is 0 Å². The summed E-state index contributed by atoms with van der Waals surface area (Å²) < 4.78 is 13.6. The minimum atomic E-state index is -0.693. The highest BCUT2D eigenvalue weighted by molar-refractivity contribution is 7.80. The highest BCUT2D eigenvalue weighted by Crippen LogP contribution is 2.21. The van der Waals surface area contributed by atoms with Gasteiger partial charge in [-0.2, -0.15) is 0 Å². The summed E-state index contributed by atoms with van der Waals surface area (Å²) in [6.45, 7) is 0. The maximum Gasteiger partial charge on any atom is 0.257 e. The van der Waals surface area contributed by atoms with Crippen LogP contribution in [0.3, 0.4) is 0 Å². The van der Waals surface area contributed by atoms with Crippen LogP contribution in [0, 0.1) is 11.0 Å². The van der Waals surface area contributed by atoms with Crippen molar-refractivity contribution < 1.29 is 14.4 Å². The second-order valence-corrected chi connectivity index (χ2v) is 4.62. The number of carbonyl (C=O) groups excluding carboxylic acids is 1. The van der Waals surface area contributed by atoms with E-state index in [-0.39, 0.29) is 16.5 Å². The van der Waals surface area contributed by atoms with E-state index < -0.39 is 17.0 Å². The van der Waals surface area contributed by atoms with E-state index in [1.807, 2.05) is 0 Å². The molecule has 0 fully saturated rings. The Hall–Kier alpha value is -2.55. The molecule has 0 bridgehead atoms. The van der Waals surface area contributed by atoms with Gasteiger partial charge in [-0.1, -0.05) is 18.2 Å². The summed E-state index contributed by atoms with van der Waals surface area (Å²) in [5, 5.41) is 23.9. The first-order chi connectivity index (χ1) is 10.5. The van der Waals surface area contributed by atoms with Crippen LogP contribution in [-0.4, -0.2) is 16.2 Å². The standard InChI is InChI=1S/C14H11FN3O3S/c15-11-7-6-10(18(20)21)8-12(11)16-14(22)17-13(19)9-4-2-1-3-5-9/h1-8,20H,(H2,16,17,19,22)/q-1. The normalized spacial score (nSPS) is 9.95. The third kappa shape index (κ3) is 3.98. The summed E-state index contributed by atoms with van der Waals surface area (Å²) in [5.74, 6) is -1.15. The van der Waals surface area contributed by atoms with Gasteiger partial charge in [-0.05, 0) is 42.5 Å². The Labute approximate surface area is 130 Å². The molecule has 3 N–H and O–H groups in total. The van der Waals surface area contributed by atoms with E-state index in [1.165, 1.54) is 0 Å². The van der Waals surface area contributed by atoms with E-state index in [9.17, 15) is 14.4 Å². The molecule has 22 heavy (non-hydrogen) atoms. The lowest BCUT2D eigenvalue weighted by Gasteiger charge is -2.22. The number of halogens is 1. The van der Waals surface area contributed by atoms with E-state index in [2.05, 4.69) is 10.6 Å². The zero-order valence-electron chi connectivity index (χ0n) is 11.1. The highest BCUT2D eigenvalue weighted by atomic mass is 32.1. The van der Waals surface area contributed by atoms with Gasteiger partial charge < -0.3 is 15.8 Å². The molecule has 2 aromatic carbocycles. The predicted molar refractivity (Wildman–Crippen MR) is 84.2 cm³/mol. The van der Waals surface area contributed by atoms with Crippen LogP contribution in [0.2, 0.25) is 0 Å². The molecule has 2 aromatic rings. The summed E-state index contributed by atoms with van der Waals surface area (Å²) in [5.41, 5.74) is 0.0637. The van der Waals surface area contributed by atoms with Gasteiger partial charge in [0.1, 0.15) is 5.82 Å². The Morgan fingerprint density at radius 1 is 1.23 bits per heavy atom. The van der Waals surface area contributed by atoms with Crippen LogP contribution in [0.25, 0.3) is 0 Å². The Morgan fingerprint density at radius 2 is 1.91 bits per heavy atom. The number of anilines is 2. The monoisotopic (exact) mass is 320 g/mol. The lowest BCUT2D eigenvalue weighted by Crippen LogP contribution is -2.34. The number of hydrogen-bond acceptors (Lipinski definition) is 5. The molecule has 114 valence electrons. The summed E-state index contributed by atoms with van der Waals surface area (Å²) in [7, 11) is 0. The Kier molecular flexibility index (Phi) is 4.99. The zero-order valence-corrected chi connectivity index (χ0v) is 11.9. The molecular weight excluding hydrogens is 309 g/mol. The maximum atomic E-state index is 13.6. The second-order valence-electron chi connectivity index (χ2n) is 4.21. The quantitative estimate of drug-likeness (QED) is 0.595. The number of nitrogens with zero attached hydrogens (tertiary/aromatic N) is 1. The molecule has 0 saturated carbocycles. The lowest BCUT2D eigenvalue weighted by molar-refractivity contribution is 0.0977. The molecular formula is C14H11FN3O3S-. The van der Waals surface area contributed by atoms with Gasteiger partial charge in [-0.3, -0.25) is 15.3 Å². The van der Waals surface area contributed by atoms with Crippen molar-refractivity contribution in [1.29, 1.82) is 0 Å². The first-order valence-corrected chi connectivity index (χ1v) is 6.51. The summed E-state index contributed by atoms with van der Waals surface area (Å²) in [6.07, 6.45) is 0. The molecule has 0 aliphatic heterocycles. The number of nitrogens with one attached hydrogen (secondary N) is 2. The van der Waals surface area contributed by atoms with E-state index in [1.54, 1.807) is 30.3 Å². The van der Waals surface area contributed by atoms with Crippen molar-refractivity contribution in [2.24, 2.45) is 0 Å². The number of hydrogen-bond donors (Lipinski definition) is 3. The molecule has 6 nitrogen and oxygen atoms in total. The number of amides is 1. The van der Waals surface area contributed by atoms with Gasteiger partial charge in [0.25, 0.3) is 5.91 Å². The predicted octanol–water partition coefficient (Wildman–Crippen LogP) is 2.65. The van der Waals surface area contributed by atoms with Crippen LogP contribution >= 0.6 is 12.2 Å². The van der Waals surface area contributed by atoms with Crippen molar-refractivity contribution >= 4 is 34.6 Å². The van der Waals surface area contributed by atoms with Gasteiger partial charge in [0.2, 0.25) is 0 Å². The third-order valence-electron chi connectivity index (χ3n) is 2.68. The first-order valence-electron chi connectivity index (χ1n) is 6.10. The Bertz CT molecular complexity index is 695. The van der Waals surface area contributed by atoms with Gasteiger partial charge >= 0.3 is 0 Å².